The Bertz CT molecular complexity index is 721. The molecule has 1 aliphatic heterocycles. The SMILES string of the molecule is O=C(O)C1CCCN(Cc2cn(-c3ccc(F)cc3Cl)nn2)C1. The van der Waals surface area contributed by atoms with Crippen LogP contribution in [0.15, 0.2) is 24.4 Å². The van der Waals surface area contributed by atoms with E-state index < -0.39 is 11.8 Å². The lowest BCUT2D eigenvalue weighted by atomic mass is 9.98. The third-order valence-electron chi connectivity index (χ3n) is 3.94. The standard InChI is InChI=1S/C15H16ClFN4O2/c16-13-6-11(17)3-4-14(13)21-9-12(18-19-21)8-20-5-1-2-10(7-20)15(22)23/h3-4,6,9-10H,1-2,5,7-8H2,(H,22,23). The number of carboxylic acid groups (broad SMARTS) is 1. The van der Waals surface area contributed by atoms with E-state index in [1.807, 2.05) is 0 Å². The Labute approximate surface area is 137 Å². The first-order valence-electron chi connectivity index (χ1n) is 7.35. The molecule has 1 N–H and O–H groups in total. The summed E-state index contributed by atoms with van der Waals surface area (Å²) in [5.41, 5.74) is 1.27. The summed E-state index contributed by atoms with van der Waals surface area (Å²) in [6.45, 7) is 1.88. The van der Waals surface area contributed by atoms with Gasteiger partial charge in [-0.3, -0.25) is 9.69 Å². The zero-order valence-corrected chi connectivity index (χ0v) is 13.1. The van der Waals surface area contributed by atoms with Crippen molar-refractivity contribution in [3.05, 3.63) is 40.9 Å². The molecule has 1 atom stereocenters. The summed E-state index contributed by atoms with van der Waals surface area (Å²) in [6.07, 6.45) is 3.29. The van der Waals surface area contributed by atoms with E-state index in [0.29, 0.717) is 25.2 Å². The summed E-state index contributed by atoms with van der Waals surface area (Å²) < 4.78 is 14.6. The maximum atomic E-state index is 13.1. The Morgan fingerprint density at radius 2 is 2.30 bits per heavy atom. The molecule has 1 aromatic heterocycles. The molecule has 0 amide bonds. The molecule has 1 fully saturated rings. The Balaban J connectivity index is 1.71. The second-order valence-corrected chi connectivity index (χ2v) is 6.07. The highest BCUT2D eigenvalue weighted by atomic mass is 35.5. The quantitative estimate of drug-likeness (QED) is 0.926. The number of hydrogen-bond donors (Lipinski definition) is 1. The third-order valence-corrected chi connectivity index (χ3v) is 4.24. The van der Waals surface area contributed by atoms with E-state index in [4.69, 9.17) is 16.7 Å². The fourth-order valence-electron chi connectivity index (χ4n) is 2.79. The van der Waals surface area contributed by atoms with Gasteiger partial charge in [0.05, 0.1) is 28.5 Å². The minimum Gasteiger partial charge on any atom is -0.481 e. The lowest BCUT2D eigenvalue weighted by Crippen LogP contribution is -2.38. The van der Waals surface area contributed by atoms with Crippen LogP contribution in [0.5, 0.6) is 0 Å². The second-order valence-electron chi connectivity index (χ2n) is 5.66. The minimum absolute atomic E-state index is 0.255. The summed E-state index contributed by atoms with van der Waals surface area (Å²) in [6, 6.07) is 4.07. The molecule has 0 bridgehead atoms. The average molecular weight is 339 g/mol. The van der Waals surface area contributed by atoms with Crippen LogP contribution < -0.4 is 0 Å². The Morgan fingerprint density at radius 1 is 1.48 bits per heavy atom. The van der Waals surface area contributed by atoms with Gasteiger partial charge >= 0.3 is 5.97 Å². The highest BCUT2D eigenvalue weighted by Gasteiger charge is 2.25. The van der Waals surface area contributed by atoms with Gasteiger partial charge in [0.2, 0.25) is 0 Å². The molecule has 0 radical (unpaired) electrons. The first-order valence-corrected chi connectivity index (χ1v) is 7.72. The summed E-state index contributed by atoms with van der Waals surface area (Å²) in [4.78, 5) is 13.2. The Hall–Kier alpha value is -1.99. The number of carbonyl (C=O) groups is 1. The number of benzene rings is 1. The van der Waals surface area contributed by atoms with Gasteiger partial charge in [-0.1, -0.05) is 16.8 Å². The highest BCUT2D eigenvalue weighted by molar-refractivity contribution is 6.32. The molecule has 0 aliphatic carbocycles. The Morgan fingerprint density at radius 3 is 3.04 bits per heavy atom. The van der Waals surface area contributed by atoms with Crippen LogP contribution in [0.2, 0.25) is 5.02 Å². The van der Waals surface area contributed by atoms with Gasteiger partial charge in [0, 0.05) is 13.1 Å². The van der Waals surface area contributed by atoms with Crippen LogP contribution >= 0.6 is 11.6 Å². The van der Waals surface area contributed by atoms with Crippen LogP contribution in [0, 0.1) is 11.7 Å². The number of carboxylic acids is 1. The van der Waals surface area contributed by atoms with Crippen LogP contribution in [0.4, 0.5) is 4.39 Å². The smallest absolute Gasteiger partial charge is 0.307 e. The zero-order valence-electron chi connectivity index (χ0n) is 12.3. The van der Waals surface area contributed by atoms with Gasteiger partial charge < -0.3 is 5.11 Å². The lowest BCUT2D eigenvalue weighted by molar-refractivity contribution is -0.143. The van der Waals surface area contributed by atoms with Crippen molar-refractivity contribution in [3.8, 4) is 5.69 Å². The summed E-state index contributed by atoms with van der Waals surface area (Å²) >= 11 is 6.01. The number of aliphatic carboxylic acids is 1. The van der Waals surface area contributed by atoms with Crippen LogP contribution in [-0.2, 0) is 11.3 Å². The highest BCUT2D eigenvalue weighted by Crippen LogP contribution is 2.22. The van der Waals surface area contributed by atoms with Gasteiger partial charge in [0.15, 0.2) is 0 Å². The van der Waals surface area contributed by atoms with Gasteiger partial charge in [0.25, 0.3) is 0 Å². The van der Waals surface area contributed by atoms with Gasteiger partial charge in [-0.25, -0.2) is 9.07 Å². The molecule has 1 unspecified atom stereocenters. The van der Waals surface area contributed by atoms with Crippen LogP contribution in [0.3, 0.4) is 0 Å². The number of aromatic nitrogens is 3. The van der Waals surface area contributed by atoms with Crippen molar-refractivity contribution in [2.24, 2.45) is 5.92 Å². The van der Waals surface area contributed by atoms with Crippen LogP contribution in [0.1, 0.15) is 18.5 Å². The van der Waals surface area contributed by atoms with Gasteiger partial charge in [0.1, 0.15) is 5.82 Å². The monoisotopic (exact) mass is 338 g/mol. The van der Waals surface area contributed by atoms with Crippen LogP contribution in [-0.4, -0.2) is 44.1 Å². The first kappa shape index (κ1) is 15.9. The lowest BCUT2D eigenvalue weighted by Gasteiger charge is -2.29. The van der Waals surface area contributed by atoms with E-state index in [2.05, 4.69) is 15.2 Å². The van der Waals surface area contributed by atoms with Crippen molar-refractivity contribution in [2.45, 2.75) is 19.4 Å². The van der Waals surface area contributed by atoms with Crippen molar-refractivity contribution in [1.82, 2.24) is 19.9 Å². The van der Waals surface area contributed by atoms with E-state index >= 15 is 0 Å². The molecule has 6 nitrogen and oxygen atoms in total. The van der Waals surface area contributed by atoms with E-state index in [9.17, 15) is 9.18 Å². The molecule has 1 aliphatic rings. The van der Waals surface area contributed by atoms with Crippen molar-refractivity contribution < 1.29 is 14.3 Å². The largest absolute Gasteiger partial charge is 0.481 e. The molecule has 1 saturated heterocycles. The number of nitrogens with zero attached hydrogens (tertiary/aromatic N) is 4. The number of hydrogen-bond acceptors (Lipinski definition) is 4. The van der Waals surface area contributed by atoms with Crippen molar-refractivity contribution >= 4 is 17.6 Å². The van der Waals surface area contributed by atoms with Crippen molar-refractivity contribution in [2.75, 3.05) is 13.1 Å². The third kappa shape index (κ3) is 3.68. The molecule has 1 aromatic carbocycles. The molecular weight excluding hydrogens is 323 g/mol. The van der Waals surface area contributed by atoms with E-state index in [0.717, 1.165) is 18.7 Å². The molecule has 8 heteroatoms. The van der Waals surface area contributed by atoms with E-state index in [1.165, 1.54) is 22.9 Å². The molecule has 0 saturated carbocycles. The molecule has 2 heterocycles. The summed E-state index contributed by atoms with van der Waals surface area (Å²) in [5, 5.41) is 17.5. The van der Waals surface area contributed by atoms with Gasteiger partial charge in [-0.15, -0.1) is 5.10 Å². The first-order chi connectivity index (χ1) is 11.0. The van der Waals surface area contributed by atoms with Crippen molar-refractivity contribution in [3.63, 3.8) is 0 Å². The number of likely N-dealkylation sites (tertiary alicyclic amines) is 1. The van der Waals surface area contributed by atoms with Crippen LogP contribution in [0.25, 0.3) is 5.69 Å². The molecule has 3 rings (SSSR count). The predicted octanol–water partition coefficient (Wildman–Crippen LogP) is 2.36. The fourth-order valence-corrected chi connectivity index (χ4v) is 3.04. The van der Waals surface area contributed by atoms with E-state index in [1.54, 1.807) is 6.20 Å². The van der Waals surface area contributed by atoms with Gasteiger partial charge in [-0.05, 0) is 37.6 Å². The Kier molecular flexibility index (Phi) is 4.58. The molecular formula is C15H16ClFN4O2. The maximum absolute atomic E-state index is 13.1. The number of rotatable bonds is 4. The fraction of sp³-hybridized carbons (Fsp3) is 0.400. The number of halogens is 2. The van der Waals surface area contributed by atoms with Crippen molar-refractivity contribution in [1.29, 1.82) is 0 Å². The minimum atomic E-state index is -0.753. The molecule has 122 valence electrons. The second kappa shape index (κ2) is 6.64. The molecule has 0 spiro atoms. The normalized spacial score (nSPS) is 19.0. The van der Waals surface area contributed by atoms with Gasteiger partial charge in [-0.2, -0.15) is 0 Å². The predicted molar refractivity (Wildman–Crippen MR) is 82.0 cm³/mol. The average Bonchev–Trinajstić information content (AvgIpc) is 2.95. The van der Waals surface area contributed by atoms with E-state index in [-0.39, 0.29) is 10.9 Å². The maximum Gasteiger partial charge on any atom is 0.307 e. The number of piperidine rings is 1. The summed E-state index contributed by atoms with van der Waals surface area (Å²) in [7, 11) is 0. The zero-order chi connectivity index (χ0) is 16.4. The topological polar surface area (TPSA) is 71.2 Å². The molecule has 23 heavy (non-hydrogen) atoms. The molecule has 2 aromatic rings. The summed E-state index contributed by atoms with van der Waals surface area (Å²) in [5.74, 6) is -1.49.